The van der Waals surface area contributed by atoms with Crippen LogP contribution in [-0.4, -0.2) is 54.6 Å². The van der Waals surface area contributed by atoms with Crippen molar-refractivity contribution in [2.45, 2.75) is 38.9 Å². The van der Waals surface area contributed by atoms with Crippen molar-refractivity contribution in [3.63, 3.8) is 0 Å². The molecule has 1 N–H and O–H groups in total. The summed E-state index contributed by atoms with van der Waals surface area (Å²) in [6, 6.07) is 0.720. The quantitative estimate of drug-likeness (QED) is 0.862. The van der Waals surface area contributed by atoms with Crippen LogP contribution in [-0.2, 0) is 13.1 Å². The molecule has 1 aliphatic heterocycles. The second-order valence-electron chi connectivity index (χ2n) is 5.34. The van der Waals surface area contributed by atoms with Crippen LogP contribution in [0.4, 0.5) is 0 Å². The first kappa shape index (κ1) is 14.9. The van der Waals surface area contributed by atoms with E-state index in [2.05, 4.69) is 39.5 Å². The van der Waals surface area contributed by atoms with E-state index in [4.69, 9.17) is 0 Å². The van der Waals surface area contributed by atoms with Crippen molar-refractivity contribution < 1.29 is 0 Å². The van der Waals surface area contributed by atoms with Gasteiger partial charge in [0.2, 0.25) is 0 Å². The fourth-order valence-electron chi connectivity index (χ4n) is 2.71. The van der Waals surface area contributed by atoms with Gasteiger partial charge in [0.25, 0.3) is 0 Å². The van der Waals surface area contributed by atoms with E-state index in [0.29, 0.717) is 0 Å². The number of piperidine rings is 1. The summed E-state index contributed by atoms with van der Waals surface area (Å²) in [5.74, 6) is 0. The average molecular weight is 282 g/mol. The van der Waals surface area contributed by atoms with Crippen LogP contribution in [0, 0.1) is 0 Å². The molecule has 0 unspecified atom stereocenters. The fourth-order valence-corrected chi connectivity index (χ4v) is 3.51. The molecule has 1 aromatic heterocycles. The molecule has 1 saturated heterocycles. The summed E-state index contributed by atoms with van der Waals surface area (Å²) in [6.45, 7) is 7.79. The second kappa shape index (κ2) is 7.33. The van der Waals surface area contributed by atoms with E-state index >= 15 is 0 Å². The van der Waals surface area contributed by atoms with E-state index in [-0.39, 0.29) is 0 Å². The first-order valence-electron chi connectivity index (χ1n) is 7.23. The Morgan fingerprint density at radius 2 is 2.21 bits per heavy atom. The van der Waals surface area contributed by atoms with Gasteiger partial charge in [-0.25, -0.2) is 4.98 Å². The van der Waals surface area contributed by atoms with E-state index in [1.807, 2.05) is 7.05 Å². The molecular weight excluding hydrogens is 256 g/mol. The maximum absolute atomic E-state index is 4.67. The zero-order chi connectivity index (χ0) is 13.7. The van der Waals surface area contributed by atoms with Gasteiger partial charge in [-0.1, -0.05) is 6.92 Å². The highest BCUT2D eigenvalue weighted by Crippen LogP contribution is 2.18. The standard InChI is InChI=1S/C14H26N4S/c1-4-18-7-5-13(6-8-18)17(3)10-12-11-19-14(16-12)9-15-2/h11,13,15H,4-10H2,1-3H3. The first-order valence-corrected chi connectivity index (χ1v) is 8.11. The summed E-state index contributed by atoms with van der Waals surface area (Å²) >= 11 is 1.76. The van der Waals surface area contributed by atoms with Crippen LogP contribution in [0.2, 0.25) is 0 Å². The molecule has 1 fully saturated rings. The molecular formula is C14H26N4S. The Bertz CT molecular complexity index is 371. The SMILES string of the molecule is CCN1CCC(N(C)Cc2csc(CNC)n2)CC1. The maximum atomic E-state index is 4.67. The molecule has 1 aliphatic rings. The molecule has 1 aromatic rings. The number of rotatable bonds is 6. The molecule has 2 heterocycles. The highest BCUT2D eigenvalue weighted by molar-refractivity contribution is 7.09. The number of hydrogen-bond acceptors (Lipinski definition) is 5. The van der Waals surface area contributed by atoms with Gasteiger partial charge in [-0.3, -0.25) is 4.90 Å². The molecule has 0 atom stereocenters. The number of likely N-dealkylation sites (tertiary alicyclic amines) is 1. The summed E-state index contributed by atoms with van der Waals surface area (Å²) in [4.78, 5) is 9.69. The lowest BCUT2D eigenvalue weighted by molar-refractivity contribution is 0.126. The molecule has 4 nitrogen and oxygen atoms in total. The molecule has 2 rings (SSSR count). The molecule has 5 heteroatoms. The summed E-state index contributed by atoms with van der Waals surface area (Å²) in [6.07, 6.45) is 2.58. The second-order valence-corrected chi connectivity index (χ2v) is 6.29. The Labute approximate surface area is 120 Å². The van der Waals surface area contributed by atoms with E-state index < -0.39 is 0 Å². The molecule has 0 amide bonds. The van der Waals surface area contributed by atoms with Crippen LogP contribution < -0.4 is 5.32 Å². The zero-order valence-corrected chi connectivity index (χ0v) is 13.2. The summed E-state index contributed by atoms with van der Waals surface area (Å²) in [7, 11) is 4.21. The summed E-state index contributed by atoms with van der Waals surface area (Å²) < 4.78 is 0. The van der Waals surface area contributed by atoms with Crippen LogP contribution >= 0.6 is 11.3 Å². The van der Waals surface area contributed by atoms with Gasteiger partial charge >= 0.3 is 0 Å². The van der Waals surface area contributed by atoms with Crippen molar-refractivity contribution in [3.05, 3.63) is 16.1 Å². The summed E-state index contributed by atoms with van der Waals surface area (Å²) in [5, 5.41) is 6.54. The Morgan fingerprint density at radius 1 is 1.47 bits per heavy atom. The van der Waals surface area contributed by atoms with E-state index in [0.717, 1.165) is 19.1 Å². The minimum absolute atomic E-state index is 0.720. The lowest BCUT2D eigenvalue weighted by Crippen LogP contribution is -2.42. The number of hydrogen-bond donors (Lipinski definition) is 1. The van der Waals surface area contributed by atoms with Crippen LogP contribution in [0.25, 0.3) is 0 Å². The zero-order valence-electron chi connectivity index (χ0n) is 12.4. The maximum Gasteiger partial charge on any atom is 0.107 e. The van der Waals surface area contributed by atoms with Crippen LogP contribution in [0.3, 0.4) is 0 Å². The number of aromatic nitrogens is 1. The van der Waals surface area contributed by atoms with E-state index in [1.165, 1.54) is 43.2 Å². The van der Waals surface area contributed by atoms with Gasteiger partial charge < -0.3 is 10.2 Å². The molecule has 0 saturated carbocycles. The smallest absolute Gasteiger partial charge is 0.107 e. The molecule has 19 heavy (non-hydrogen) atoms. The first-order chi connectivity index (χ1) is 9.22. The Kier molecular flexibility index (Phi) is 5.76. The van der Waals surface area contributed by atoms with Crippen LogP contribution in [0.5, 0.6) is 0 Å². The fraction of sp³-hybridized carbons (Fsp3) is 0.786. The van der Waals surface area contributed by atoms with Crippen molar-refractivity contribution in [3.8, 4) is 0 Å². The normalized spacial score (nSPS) is 18.3. The molecule has 0 bridgehead atoms. The Morgan fingerprint density at radius 3 is 2.84 bits per heavy atom. The van der Waals surface area contributed by atoms with Gasteiger partial charge in [0, 0.05) is 24.5 Å². The van der Waals surface area contributed by atoms with E-state index in [9.17, 15) is 0 Å². The third-order valence-electron chi connectivity index (χ3n) is 3.97. The van der Waals surface area contributed by atoms with Gasteiger partial charge in [-0.15, -0.1) is 11.3 Å². The minimum Gasteiger partial charge on any atom is -0.314 e. The van der Waals surface area contributed by atoms with Crippen LogP contribution in [0.15, 0.2) is 5.38 Å². The highest BCUT2D eigenvalue weighted by Gasteiger charge is 2.21. The van der Waals surface area contributed by atoms with Crippen molar-refractivity contribution >= 4 is 11.3 Å². The Balaban J connectivity index is 1.81. The van der Waals surface area contributed by atoms with Crippen molar-refractivity contribution in [1.82, 2.24) is 20.1 Å². The lowest BCUT2D eigenvalue weighted by Gasteiger charge is -2.36. The monoisotopic (exact) mass is 282 g/mol. The van der Waals surface area contributed by atoms with Crippen LogP contribution in [0.1, 0.15) is 30.5 Å². The third kappa shape index (κ3) is 4.24. The van der Waals surface area contributed by atoms with Gasteiger partial charge in [-0.05, 0) is 46.6 Å². The lowest BCUT2D eigenvalue weighted by atomic mass is 10.0. The molecule has 0 aliphatic carbocycles. The molecule has 0 spiro atoms. The van der Waals surface area contributed by atoms with Gasteiger partial charge in [-0.2, -0.15) is 0 Å². The third-order valence-corrected chi connectivity index (χ3v) is 4.86. The van der Waals surface area contributed by atoms with Gasteiger partial charge in [0.15, 0.2) is 0 Å². The average Bonchev–Trinajstić information content (AvgIpc) is 2.86. The number of thiazole rings is 1. The van der Waals surface area contributed by atoms with Gasteiger partial charge in [0.05, 0.1) is 5.69 Å². The predicted molar refractivity (Wildman–Crippen MR) is 81.5 cm³/mol. The highest BCUT2D eigenvalue weighted by atomic mass is 32.1. The van der Waals surface area contributed by atoms with Crippen molar-refractivity contribution in [2.75, 3.05) is 33.7 Å². The van der Waals surface area contributed by atoms with Crippen molar-refractivity contribution in [1.29, 1.82) is 0 Å². The Hall–Kier alpha value is -0.490. The molecule has 0 radical (unpaired) electrons. The predicted octanol–water partition coefficient (Wildman–Crippen LogP) is 1.78. The van der Waals surface area contributed by atoms with Gasteiger partial charge in [0.1, 0.15) is 5.01 Å². The molecule has 0 aromatic carbocycles. The number of nitrogens with zero attached hydrogens (tertiary/aromatic N) is 3. The van der Waals surface area contributed by atoms with Crippen molar-refractivity contribution in [2.24, 2.45) is 0 Å². The molecule has 108 valence electrons. The number of nitrogens with one attached hydrogen (secondary N) is 1. The largest absolute Gasteiger partial charge is 0.314 e. The van der Waals surface area contributed by atoms with E-state index in [1.54, 1.807) is 11.3 Å². The summed E-state index contributed by atoms with van der Waals surface area (Å²) in [5.41, 5.74) is 1.22. The topological polar surface area (TPSA) is 31.4 Å². The minimum atomic E-state index is 0.720.